The molecule has 0 atom stereocenters. The van der Waals surface area contributed by atoms with Gasteiger partial charge in [-0.3, -0.25) is 14.4 Å². The molecule has 6 heteroatoms. The zero-order valence-corrected chi connectivity index (χ0v) is 15.8. The van der Waals surface area contributed by atoms with Gasteiger partial charge in [0.05, 0.1) is 6.61 Å². The second-order valence-corrected chi connectivity index (χ2v) is 6.21. The molecule has 0 aliphatic carbocycles. The second-order valence-electron chi connectivity index (χ2n) is 6.21. The van der Waals surface area contributed by atoms with E-state index in [4.69, 9.17) is 4.74 Å². The van der Waals surface area contributed by atoms with Crippen molar-refractivity contribution in [3.05, 3.63) is 59.7 Å². The van der Waals surface area contributed by atoms with E-state index in [1.807, 2.05) is 6.92 Å². The van der Waals surface area contributed by atoms with Gasteiger partial charge in [0.2, 0.25) is 5.91 Å². The Hall–Kier alpha value is -3.15. The van der Waals surface area contributed by atoms with Crippen molar-refractivity contribution >= 4 is 23.3 Å². The number of hydrogen-bond donors (Lipinski definition) is 1. The standard InChI is InChI=1S/C21H24N2O4/c1-4-27-18-10-8-15(9-11-18)19(24)12-13-20(25)22-17-7-5-6-16(14-17)21(26)23(2)3/h5-11,14H,4,12-13H2,1-3H3,(H,22,25). The number of amides is 2. The molecule has 2 aromatic carbocycles. The van der Waals surface area contributed by atoms with Gasteiger partial charge in [0, 0.05) is 43.8 Å². The molecule has 0 spiro atoms. The summed E-state index contributed by atoms with van der Waals surface area (Å²) in [5.74, 6) is 0.184. The van der Waals surface area contributed by atoms with E-state index in [9.17, 15) is 14.4 Å². The van der Waals surface area contributed by atoms with Crippen molar-refractivity contribution in [2.45, 2.75) is 19.8 Å². The Morgan fingerprint density at radius 2 is 1.67 bits per heavy atom. The third-order valence-corrected chi connectivity index (χ3v) is 3.87. The van der Waals surface area contributed by atoms with Crippen LogP contribution in [0.5, 0.6) is 5.75 Å². The average Bonchev–Trinajstić information content (AvgIpc) is 2.66. The van der Waals surface area contributed by atoms with Gasteiger partial charge in [-0.2, -0.15) is 0 Å². The summed E-state index contributed by atoms with van der Waals surface area (Å²) < 4.78 is 5.34. The topological polar surface area (TPSA) is 75.7 Å². The van der Waals surface area contributed by atoms with Crippen LogP contribution in [0.4, 0.5) is 5.69 Å². The van der Waals surface area contributed by atoms with Crippen LogP contribution in [0.3, 0.4) is 0 Å². The molecule has 0 saturated heterocycles. The number of ether oxygens (including phenoxy) is 1. The highest BCUT2D eigenvalue weighted by atomic mass is 16.5. The maximum atomic E-state index is 12.2. The molecule has 0 bridgehead atoms. The lowest BCUT2D eigenvalue weighted by molar-refractivity contribution is -0.116. The van der Waals surface area contributed by atoms with Crippen LogP contribution in [0.1, 0.15) is 40.5 Å². The van der Waals surface area contributed by atoms with Crippen LogP contribution in [-0.4, -0.2) is 43.2 Å². The maximum absolute atomic E-state index is 12.2. The predicted octanol–water partition coefficient (Wildman–Crippen LogP) is 3.39. The lowest BCUT2D eigenvalue weighted by Gasteiger charge is -2.11. The molecule has 0 unspecified atom stereocenters. The fourth-order valence-corrected chi connectivity index (χ4v) is 2.49. The van der Waals surface area contributed by atoms with Crippen LogP contribution in [0, 0.1) is 0 Å². The molecule has 2 aromatic rings. The second kappa shape index (κ2) is 9.52. The van der Waals surface area contributed by atoms with Gasteiger partial charge in [0.25, 0.3) is 5.91 Å². The summed E-state index contributed by atoms with van der Waals surface area (Å²) in [6.45, 7) is 2.46. The number of nitrogens with zero attached hydrogens (tertiary/aromatic N) is 1. The van der Waals surface area contributed by atoms with Gasteiger partial charge >= 0.3 is 0 Å². The largest absolute Gasteiger partial charge is 0.494 e. The van der Waals surface area contributed by atoms with E-state index >= 15 is 0 Å². The minimum absolute atomic E-state index is 0.0674. The lowest BCUT2D eigenvalue weighted by atomic mass is 10.1. The number of carbonyl (C=O) groups excluding carboxylic acids is 3. The quantitative estimate of drug-likeness (QED) is 0.725. The zero-order chi connectivity index (χ0) is 19.8. The summed E-state index contributed by atoms with van der Waals surface area (Å²) in [4.78, 5) is 37.8. The molecule has 2 amide bonds. The molecular formula is C21H24N2O4. The van der Waals surface area contributed by atoms with E-state index in [0.717, 1.165) is 0 Å². The van der Waals surface area contributed by atoms with Crippen molar-refractivity contribution in [1.29, 1.82) is 0 Å². The van der Waals surface area contributed by atoms with Crippen LogP contribution in [0.25, 0.3) is 0 Å². The first-order valence-corrected chi connectivity index (χ1v) is 8.78. The van der Waals surface area contributed by atoms with E-state index in [2.05, 4.69) is 5.32 Å². The first-order valence-electron chi connectivity index (χ1n) is 8.78. The fraction of sp³-hybridized carbons (Fsp3) is 0.286. The van der Waals surface area contributed by atoms with E-state index in [0.29, 0.717) is 29.2 Å². The number of Topliss-reactive ketones (excluding diaryl/α,β-unsaturated/α-hetero) is 1. The molecule has 0 aliphatic rings. The van der Waals surface area contributed by atoms with Gasteiger partial charge in [-0.15, -0.1) is 0 Å². The normalized spacial score (nSPS) is 10.2. The predicted molar refractivity (Wildman–Crippen MR) is 104 cm³/mol. The molecule has 2 rings (SSSR count). The van der Waals surface area contributed by atoms with E-state index in [1.165, 1.54) is 4.90 Å². The lowest BCUT2D eigenvalue weighted by Crippen LogP contribution is -2.22. The summed E-state index contributed by atoms with van der Waals surface area (Å²) in [5, 5.41) is 2.73. The van der Waals surface area contributed by atoms with Crippen molar-refractivity contribution in [1.82, 2.24) is 4.90 Å². The Bertz CT molecular complexity index is 813. The molecule has 0 saturated carbocycles. The summed E-state index contributed by atoms with van der Waals surface area (Å²) in [7, 11) is 3.33. The van der Waals surface area contributed by atoms with Gasteiger partial charge in [-0.25, -0.2) is 0 Å². The highest BCUT2D eigenvalue weighted by Crippen LogP contribution is 2.15. The number of hydrogen-bond acceptors (Lipinski definition) is 4. The highest BCUT2D eigenvalue weighted by molar-refractivity contribution is 6.00. The van der Waals surface area contributed by atoms with E-state index < -0.39 is 0 Å². The molecule has 0 aromatic heterocycles. The molecule has 0 heterocycles. The van der Waals surface area contributed by atoms with Crippen LogP contribution in [0.15, 0.2) is 48.5 Å². The highest BCUT2D eigenvalue weighted by Gasteiger charge is 2.12. The maximum Gasteiger partial charge on any atom is 0.253 e. The van der Waals surface area contributed by atoms with Crippen LogP contribution in [-0.2, 0) is 4.79 Å². The average molecular weight is 368 g/mol. The minimum atomic E-state index is -0.274. The molecule has 0 aliphatic heterocycles. The summed E-state index contributed by atoms with van der Waals surface area (Å²) in [6, 6.07) is 13.6. The SMILES string of the molecule is CCOc1ccc(C(=O)CCC(=O)Nc2cccc(C(=O)N(C)C)c2)cc1. The van der Waals surface area contributed by atoms with Crippen molar-refractivity contribution in [2.24, 2.45) is 0 Å². The van der Waals surface area contributed by atoms with Gasteiger partial charge < -0.3 is 15.0 Å². The van der Waals surface area contributed by atoms with Crippen molar-refractivity contribution in [3.8, 4) is 5.75 Å². The smallest absolute Gasteiger partial charge is 0.253 e. The fourth-order valence-electron chi connectivity index (χ4n) is 2.49. The van der Waals surface area contributed by atoms with E-state index in [1.54, 1.807) is 62.6 Å². The summed E-state index contributed by atoms with van der Waals surface area (Å²) in [5.41, 5.74) is 1.56. The third-order valence-electron chi connectivity index (χ3n) is 3.87. The van der Waals surface area contributed by atoms with Crippen LogP contribution >= 0.6 is 0 Å². The molecule has 142 valence electrons. The van der Waals surface area contributed by atoms with E-state index in [-0.39, 0.29) is 30.4 Å². The number of anilines is 1. The van der Waals surface area contributed by atoms with Crippen LogP contribution in [0.2, 0.25) is 0 Å². The third kappa shape index (κ3) is 5.95. The Labute approximate surface area is 159 Å². The molecule has 0 radical (unpaired) electrons. The Balaban J connectivity index is 1.89. The van der Waals surface area contributed by atoms with Gasteiger partial charge in [0.1, 0.15) is 5.75 Å². The first kappa shape index (κ1) is 20.2. The van der Waals surface area contributed by atoms with Gasteiger partial charge in [0.15, 0.2) is 5.78 Å². The number of nitrogens with one attached hydrogen (secondary N) is 1. The monoisotopic (exact) mass is 368 g/mol. The summed E-state index contributed by atoms with van der Waals surface area (Å²) in [6.07, 6.45) is 0.175. The minimum Gasteiger partial charge on any atom is -0.494 e. The summed E-state index contributed by atoms with van der Waals surface area (Å²) >= 11 is 0. The molecule has 0 fully saturated rings. The molecular weight excluding hydrogens is 344 g/mol. The van der Waals surface area contributed by atoms with Crippen LogP contribution < -0.4 is 10.1 Å². The Morgan fingerprint density at radius 3 is 2.30 bits per heavy atom. The van der Waals surface area contributed by atoms with Gasteiger partial charge in [-0.1, -0.05) is 6.07 Å². The number of carbonyl (C=O) groups is 3. The molecule has 6 nitrogen and oxygen atoms in total. The van der Waals surface area contributed by atoms with Crippen molar-refractivity contribution in [3.63, 3.8) is 0 Å². The number of benzene rings is 2. The first-order chi connectivity index (χ1) is 12.9. The van der Waals surface area contributed by atoms with Gasteiger partial charge in [-0.05, 0) is 49.4 Å². The van der Waals surface area contributed by atoms with Crippen molar-refractivity contribution in [2.75, 3.05) is 26.0 Å². The number of rotatable bonds is 8. The Kier molecular flexibility index (Phi) is 7.11. The Morgan fingerprint density at radius 1 is 0.963 bits per heavy atom. The molecule has 27 heavy (non-hydrogen) atoms. The van der Waals surface area contributed by atoms with Crippen molar-refractivity contribution < 1.29 is 19.1 Å². The molecule has 1 N–H and O–H groups in total. The zero-order valence-electron chi connectivity index (χ0n) is 15.8. The number of ketones is 1.